The van der Waals surface area contributed by atoms with Crippen LogP contribution >= 0.6 is 0 Å². The molecule has 0 radical (unpaired) electrons. The lowest BCUT2D eigenvalue weighted by molar-refractivity contribution is -0.186. The van der Waals surface area contributed by atoms with E-state index in [2.05, 4.69) is 0 Å². The molecule has 0 spiro atoms. The molecule has 0 aromatic heterocycles. The highest BCUT2D eigenvalue weighted by Gasteiger charge is 2.56. The van der Waals surface area contributed by atoms with Crippen molar-refractivity contribution in [2.45, 2.75) is 44.6 Å². The van der Waals surface area contributed by atoms with E-state index in [1.54, 1.807) is 26.1 Å². The fraction of sp³-hybridized carbons (Fsp3) is 0.778. The molecular formula is C9H13F3N2O3. The van der Waals surface area contributed by atoms with Crippen LogP contribution in [0.2, 0.25) is 0 Å². The van der Waals surface area contributed by atoms with Gasteiger partial charge in [-0.25, -0.2) is 4.79 Å². The Morgan fingerprint density at radius 1 is 1.35 bits per heavy atom. The van der Waals surface area contributed by atoms with Gasteiger partial charge >= 0.3 is 12.3 Å². The van der Waals surface area contributed by atoms with Crippen LogP contribution in [0.4, 0.5) is 18.0 Å². The minimum absolute atomic E-state index is 0.835. The Labute approximate surface area is 95.7 Å². The van der Waals surface area contributed by atoms with Gasteiger partial charge in [0.15, 0.2) is 6.04 Å². The Bertz CT molecular complexity index is 335. The monoisotopic (exact) mass is 254 g/mol. The molecule has 0 aliphatic carbocycles. The third-order valence-corrected chi connectivity index (χ3v) is 1.94. The lowest BCUT2D eigenvalue weighted by atomic mass is 9.99. The first kappa shape index (κ1) is 13.6. The number of carbonyl (C=O) groups is 2. The van der Waals surface area contributed by atoms with E-state index in [1.807, 2.05) is 5.32 Å². The summed E-state index contributed by atoms with van der Waals surface area (Å²) in [5.74, 6) is -0.877. The average molecular weight is 254 g/mol. The van der Waals surface area contributed by atoms with Crippen LogP contribution in [0.5, 0.6) is 0 Å². The predicted octanol–water partition coefficient (Wildman–Crippen LogP) is 0.940. The van der Waals surface area contributed by atoms with Crippen LogP contribution < -0.4 is 10.6 Å². The number of halogens is 3. The summed E-state index contributed by atoms with van der Waals surface area (Å²) in [7, 11) is 0. The molecule has 0 saturated carbocycles. The number of hydrogen-bond acceptors (Lipinski definition) is 3. The largest absolute Gasteiger partial charge is 0.444 e. The summed E-state index contributed by atoms with van der Waals surface area (Å²) in [6.45, 7) is 4.69. The summed E-state index contributed by atoms with van der Waals surface area (Å²) < 4.78 is 41.7. The molecule has 2 atom stereocenters. The summed E-state index contributed by atoms with van der Waals surface area (Å²) in [4.78, 5) is 22.1. The molecule has 98 valence electrons. The van der Waals surface area contributed by atoms with Crippen molar-refractivity contribution < 1.29 is 27.5 Å². The van der Waals surface area contributed by atoms with Gasteiger partial charge in [-0.3, -0.25) is 4.79 Å². The van der Waals surface area contributed by atoms with Crippen LogP contribution in [-0.4, -0.2) is 35.9 Å². The number of alkyl halides is 3. The summed E-state index contributed by atoms with van der Waals surface area (Å²) in [5, 5.41) is 3.55. The van der Waals surface area contributed by atoms with Gasteiger partial charge in [-0.15, -0.1) is 0 Å². The summed E-state index contributed by atoms with van der Waals surface area (Å²) in [6, 6.07) is -3.67. The van der Waals surface area contributed by atoms with Crippen molar-refractivity contribution >= 4 is 12.0 Å². The molecule has 1 rings (SSSR count). The molecule has 0 aromatic rings. The summed E-state index contributed by atoms with van der Waals surface area (Å²) in [5.41, 5.74) is -0.835. The molecule has 0 aromatic carbocycles. The molecule has 1 fully saturated rings. The van der Waals surface area contributed by atoms with E-state index >= 15 is 0 Å². The molecule has 1 aliphatic heterocycles. The maximum atomic E-state index is 12.3. The Morgan fingerprint density at radius 2 is 1.88 bits per heavy atom. The number of carbonyl (C=O) groups excluding carboxylic acids is 2. The van der Waals surface area contributed by atoms with Crippen molar-refractivity contribution in [1.29, 1.82) is 0 Å². The zero-order chi connectivity index (χ0) is 13.4. The van der Waals surface area contributed by atoms with Crippen LogP contribution in [0, 0.1) is 0 Å². The van der Waals surface area contributed by atoms with Crippen molar-refractivity contribution in [3.63, 3.8) is 0 Å². The second kappa shape index (κ2) is 4.08. The van der Waals surface area contributed by atoms with E-state index in [-0.39, 0.29) is 0 Å². The van der Waals surface area contributed by atoms with Gasteiger partial charge < -0.3 is 15.4 Å². The van der Waals surface area contributed by atoms with Crippen LogP contribution in [0.25, 0.3) is 0 Å². The van der Waals surface area contributed by atoms with E-state index in [0.717, 1.165) is 0 Å². The molecule has 8 heteroatoms. The highest BCUT2D eigenvalue weighted by Crippen LogP contribution is 2.27. The zero-order valence-electron chi connectivity index (χ0n) is 9.51. The molecule has 17 heavy (non-hydrogen) atoms. The van der Waals surface area contributed by atoms with Gasteiger partial charge in [0.05, 0.1) is 0 Å². The fourth-order valence-electron chi connectivity index (χ4n) is 1.24. The second-order valence-electron chi connectivity index (χ2n) is 4.65. The number of nitrogens with one attached hydrogen (secondary N) is 2. The first-order chi connectivity index (χ1) is 7.50. The molecule has 0 bridgehead atoms. The molecule has 2 amide bonds. The highest BCUT2D eigenvalue weighted by molar-refractivity contribution is 5.92. The molecule has 1 saturated heterocycles. The quantitative estimate of drug-likeness (QED) is 0.684. The fourth-order valence-corrected chi connectivity index (χ4v) is 1.24. The minimum Gasteiger partial charge on any atom is -0.444 e. The van der Waals surface area contributed by atoms with E-state index < -0.39 is 35.9 Å². The first-order valence-corrected chi connectivity index (χ1v) is 4.87. The topological polar surface area (TPSA) is 67.4 Å². The van der Waals surface area contributed by atoms with E-state index in [4.69, 9.17) is 4.74 Å². The normalized spacial score (nSPS) is 24.7. The van der Waals surface area contributed by atoms with Crippen molar-refractivity contribution in [2.75, 3.05) is 0 Å². The van der Waals surface area contributed by atoms with Gasteiger partial charge in [-0.2, -0.15) is 13.2 Å². The van der Waals surface area contributed by atoms with Crippen molar-refractivity contribution in [2.24, 2.45) is 0 Å². The maximum Gasteiger partial charge on any atom is 0.411 e. The number of β-lactam (4-membered cyclic amide) rings is 1. The van der Waals surface area contributed by atoms with Gasteiger partial charge in [0.25, 0.3) is 0 Å². The Balaban J connectivity index is 2.56. The lowest BCUT2D eigenvalue weighted by Gasteiger charge is -2.38. The molecule has 2 unspecified atom stereocenters. The van der Waals surface area contributed by atoms with Crippen LogP contribution in [0.15, 0.2) is 0 Å². The van der Waals surface area contributed by atoms with E-state index in [9.17, 15) is 22.8 Å². The van der Waals surface area contributed by atoms with Gasteiger partial charge in [-0.1, -0.05) is 0 Å². The predicted molar refractivity (Wildman–Crippen MR) is 51.1 cm³/mol. The zero-order valence-corrected chi connectivity index (χ0v) is 9.51. The average Bonchev–Trinajstić information content (AvgIpc) is 2.05. The Morgan fingerprint density at radius 3 is 2.24 bits per heavy atom. The molecule has 2 N–H and O–H groups in total. The first-order valence-electron chi connectivity index (χ1n) is 4.87. The number of ether oxygens (including phenoxy) is 1. The number of hydrogen-bond donors (Lipinski definition) is 2. The Kier molecular flexibility index (Phi) is 3.26. The van der Waals surface area contributed by atoms with Crippen molar-refractivity contribution in [3.8, 4) is 0 Å². The third-order valence-electron chi connectivity index (χ3n) is 1.94. The number of rotatable bonds is 1. The third kappa shape index (κ3) is 3.50. The second-order valence-corrected chi connectivity index (χ2v) is 4.65. The molecule has 1 heterocycles. The highest BCUT2D eigenvalue weighted by atomic mass is 19.4. The summed E-state index contributed by atoms with van der Waals surface area (Å²) >= 11 is 0. The van der Waals surface area contributed by atoms with Crippen LogP contribution in [0.1, 0.15) is 20.8 Å². The standard InChI is InChI=1S/C9H13F3N2O3/c1-8(2,3)17-7(16)13-4-5(9(10,11)12)14-6(4)15/h4-5H,1-3H3,(H,13,16)(H,14,15). The maximum absolute atomic E-state index is 12.3. The van der Waals surface area contributed by atoms with E-state index in [1.165, 1.54) is 0 Å². The number of alkyl carbamates (subject to hydrolysis) is 1. The minimum atomic E-state index is -4.59. The van der Waals surface area contributed by atoms with Crippen LogP contribution in [-0.2, 0) is 9.53 Å². The van der Waals surface area contributed by atoms with Crippen molar-refractivity contribution in [3.05, 3.63) is 0 Å². The van der Waals surface area contributed by atoms with Gasteiger partial charge in [0.2, 0.25) is 5.91 Å². The van der Waals surface area contributed by atoms with Gasteiger partial charge in [-0.05, 0) is 20.8 Å². The number of amides is 2. The molecule has 5 nitrogen and oxygen atoms in total. The smallest absolute Gasteiger partial charge is 0.411 e. The van der Waals surface area contributed by atoms with Crippen LogP contribution in [0.3, 0.4) is 0 Å². The lowest BCUT2D eigenvalue weighted by Crippen LogP contribution is -2.74. The van der Waals surface area contributed by atoms with Crippen molar-refractivity contribution in [1.82, 2.24) is 10.6 Å². The molecular weight excluding hydrogens is 241 g/mol. The molecule has 1 aliphatic rings. The Hall–Kier alpha value is -1.47. The summed E-state index contributed by atoms with van der Waals surface area (Å²) in [6.07, 6.45) is -5.64. The SMILES string of the molecule is CC(C)(C)OC(=O)NC1C(=O)NC1C(F)(F)F. The van der Waals surface area contributed by atoms with Gasteiger partial charge in [0, 0.05) is 0 Å². The van der Waals surface area contributed by atoms with E-state index in [0.29, 0.717) is 0 Å². The van der Waals surface area contributed by atoms with Gasteiger partial charge in [0.1, 0.15) is 11.6 Å².